The van der Waals surface area contributed by atoms with E-state index in [0.29, 0.717) is 11.5 Å². The molecule has 2 aliphatic carbocycles. The van der Waals surface area contributed by atoms with Crippen LogP contribution in [0.5, 0.6) is 0 Å². The molecule has 0 bridgehead atoms. The predicted molar refractivity (Wildman–Crippen MR) is 180 cm³/mol. The summed E-state index contributed by atoms with van der Waals surface area (Å²) in [5.74, 6) is 0.155. The van der Waals surface area contributed by atoms with Crippen LogP contribution in [0.1, 0.15) is 44.7 Å². The topological polar surface area (TPSA) is 52.6 Å². The molecule has 0 radical (unpaired) electrons. The summed E-state index contributed by atoms with van der Waals surface area (Å²) in [5, 5.41) is 2.55. The van der Waals surface area contributed by atoms with Crippen LogP contribution in [-0.4, -0.2) is 15.4 Å². The summed E-state index contributed by atoms with van der Waals surface area (Å²) in [5.41, 5.74) is 4.77. The summed E-state index contributed by atoms with van der Waals surface area (Å²) in [6.07, 6.45) is 22.1. The second-order valence-corrected chi connectivity index (χ2v) is 13.7. The molecular weight excluding hydrogens is 635 g/mol. The van der Waals surface area contributed by atoms with Crippen LogP contribution in [0.25, 0.3) is 10.8 Å². The summed E-state index contributed by atoms with van der Waals surface area (Å²) < 4.78 is 10.5. The zero-order valence-corrected chi connectivity index (χ0v) is 26.6. The van der Waals surface area contributed by atoms with Crippen LogP contribution in [0.2, 0.25) is 0 Å². The molecule has 4 nitrogen and oxygen atoms in total. The molecule has 0 amide bonds. The van der Waals surface area contributed by atoms with E-state index in [1.807, 2.05) is 36.5 Å². The van der Waals surface area contributed by atoms with Crippen molar-refractivity contribution in [3.05, 3.63) is 144 Å². The molecule has 0 saturated carbocycles. The third-order valence-electron chi connectivity index (χ3n) is 7.13. The van der Waals surface area contributed by atoms with Gasteiger partial charge < -0.3 is 9.47 Å². The molecule has 2 aromatic rings. The monoisotopic (exact) mass is 672 g/mol. The van der Waals surface area contributed by atoms with Gasteiger partial charge in [-0.15, -0.1) is 0 Å². The number of allylic oxidation sites excluding steroid dienone is 10. The van der Waals surface area contributed by atoms with E-state index >= 15 is 0 Å². The van der Waals surface area contributed by atoms with Crippen LogP contribution in [0.4, 0.5) is 0 Å². The lowest BCUT2D eigenvalue weighted by Crippen LogP contribution is -2.10. The highest BCUT2D eigenvalue weighted by Gasteiger charge is 2.20. The van der Waals surface area contributed by atoms with Gasteiger partial charge in [0.05, 0.1) is 3.42 Å². The summed E-state index contributed by atoms with van der Waals surface area (Å²) in [6, 6.07) is 13.1. The number of benzene rings is 2. The number of carbonyl (C=O) groups excluding carboxylic acids is 2. The third kappa shape index (κ3) is 8.65. The molecule has 0 heterocycles. The first-order valence-corrected chi connectivity index (χ1v) is 15.2. The number of hydrogen-bond acceptors (Lipinski definition) is 4. The molecule has 0 N–H and O–H groups in total. The second kappa shape index (κ2) is 13.5. The molecular formula is C37H37IO4. The maximum absolute atomic E-state index is 11.7. The first-order valence-electron chi connectivity index (χ1n) is 14.1. The lowest BCUT2D eigenvalue weighted by Gasteiger charge is -2.17. The van der Waals surface area contributed by atoms with Crippen LogP contribution in [-0.2, 0) is 31.9 Å². The molecule has 42 heavy (non-hydrogen) atoms. The normalized spacial score (nSPS) is 19.4. The smallest absolute Gasteiger partial charge is 0.335 e. The molecule has 0 aliphatic heterocycles. The van der Waals surface area contributed by atoms with Gasteiger partial charge in [0.1, 0.15) is 11.5 Å². The number of rotatable bonds is 10. The van der Waals surface area contributed by atoms with E-state index in [0.717, 1.165) is 25.7 Å². The fourth-order valence-electron chi connectivity index (χ4n) is 5.33. The molecule has 0 saturated heterocycles. The SMILES string of the molecule is C=CC(=O)OC1=CC(C)(C)C=C(CCc2cccc3c(CCC4=CC(C)(I)C=C(OC(=O)C=C)C=C4)cccc23)C=C1. The Kier molecular flexibility index (Phi) is 10.0. The zero-order chi connectivity index (χ0) is 30.3. The molecule has 0 fully saturated rings. The number of esters is 2. The minimum Gasteiger partial charge on any atom is -0.424 e. The van der Waals surface area contributed by atoms with Crippen molar-refractivity contribution in [2.45, 2.75) is 49.9 Å². The number of fused-ring (bicyclic) bond motifs is 1. The van der Waals surface area contributed by atoms with Crippen LogP contribution >= 0.6 is 22.6 Å². The van der Waals surface area contributed by atoms with Crippen molar-refractivity contribution in [1.29, 1.82) is 0 Å². The Labute approximate surface area is 262 Å². The highest BCUT2D eigenvalue weighted by Crippen LogP contribution is 2.33. The van der Waals surface area contributed by atoms with Gasteiger partial charge in [-0.3, -0.25) is 0 Å². The largest absolute Gasteiger partial charge is 0.424 e. The maximum atomic E-state index is 11.7. The van der Waals surface area contributed by atoms with E-state index in [1.165, 1.54) is 45.2 Å². The standard InChI is InChI=1S/C37H37IO4/c1-6-34(39)41-30-20-16-26(22-36(3,4)24-30)14-18-28-10-8-13-33-29(11-9-12-32(28)33)19-15-27-17-21-31(42-35(40)7-2)25-37(5,38)23-27/h6-13,16-17,20-25H,1-2,14-15,18-19H2,3-5H3. The summed E-state index contributed by atoms with van der Waals surface area (Å²) in [7, 11) is 0. The van der Waals surface area contributed by atoms with E-state index < -0.39 is 11.9 Å². The highest BCUT2D eigenvalue weighted by atomic mass is 127. The average Bonchev–Trinajstić information content (AvgIpc) is 3.18. The van der Waals surface area contributed by atoms with Crippen LogP contribution < -0.4 is 0 Å². The van der Waals surface area contributed by atoms with Crippen molar-refractivity contribution in [2.75, 3.05) is 0 Å². The van der Waals surface area contributed by atoms with Crippen LogP contribution in [0, 0.1) is 5.41 Å². The van der Waals surface area contributed by atoms with Crippen molar-refractivity contribution >= 4 is 45.3 Å². The van der Waals surface area contributed by atoms with Gasteiger partial charge in [-0.1, -0.05) is 116 Å². The van der Waals surface area contributed by atoms with Gasteiger partial charge in [0.25, 0.3) is 0 Å². The minimum atomic E-state index is -0.460. The van der Waals surface area contributed by atoms with Gasteiger partial charge in [0.15, 0.2) is 0 Å². The minimum absolute atomic E-state index is 0.250. The Morgan fingerprint density at radius 1 is 0.690 bits per heavy atom. The summed E-state index contributed by atoms with van der Waals surface area (Å²) in [4.78, 5) is 23.4. The Morgan fingerprint density at radius 2 is 1.17 bits per heavy atom. The Morgan fingerprint density at radius 3 is 1.67 bits per heavy atom. The molecule has 0 spiro atoms. The number of alkyl halides is 1. The fraction of sp³-hybridized carbons (Fsp3) is 0.243. The van der Waals surface area contributed by atoms with E-state index in [2.05, 4.69) is 105 Å². The van der Waals surface area contributed by atoms with Gasteiger partial charge in [0, 0.05) is 17.6 Å². The van der Waals surface area contributed by atoms with Gasteiger partial charge in [-0.05, 0) is 84.4 Å². The van der Waals surface area contributed by atoms with E-state index in [9.17, 15) is 9.59 Å². The number of hydrogen-bond donors (Lipinski definition) is 0. The molecule has 4 rings (SSSR count). The Bertz CT molecular complexity index is 1470. The van der Waals surface area contributed by atoms with Gasteiger partial charge >= 0.3 is 11.9 Å². The second-order valence-electron chi connectivity index (χ2n) is 11.4. The van der Waals surface area contributed by atoms with Crippen molar-refractivity contribution < 1.29 is 19.1 Å². The van der Waals surface area contributed by atoms with Crippen molar-refractivity contribution in [3.8, 4) is 0 Å². The van der Waals surface area contributed by atoms with Crippen molar-refractivity contribution in [1.82, 2.24) is 0 Å². The van der Waals surface area contributed by atoms with Crippen LogP contribution in [0.15, 0.2) is 133 Å². The fourth-order valence-corrected chi connectivity index (χ4v) is 6.03. The predicted octanol–water partition coefficient (Wildman–Crippen LogP) is 9.14. The Hall–Kier alpha value is -3.71. The summed E-state index contributed by atoms with van der Waals surface area (Å²) >= 11 is 2.37. The zero-order valence-electron chi connectivity index (χ0n) is 24.5. The number of ether oxygens (including phenoxy) is 2. The number of carbonyl (C=O) groups is 2. The van der Waals surface area contributed by atoms with Crippen molar-refractivity contribution in [2.24, 2.45) is 5.41 Å². The van der Waals surface area contributed by atoms with Gasteiger partial charge in [-0.25, -0.2) is 9.59 Å². The maximum Gasteiger partial charge on any atom is 0.335 e. The highest BCUT2D eigenvalue weighted by molar-refractivity contribution is 14.1. The van der Waals surface area contributed by atoms with Gasteiger partial charge in [-0.2, -0.15) is 0 Å². The first kappa shape index (κ1) is 31.2. The van der Waals surface area contributed by atoms with Crippen molar-refractivity contribution in [3.63, 3.8) is 0 Å². The molecule has 1 unspecified atom stereocenters. The van der Waals surface area contributed by atoms with E-state index in [-0.39, 0.29) is 8.84 Å². The number of aryl methyl sites for hydroxylation is 2. The molecule has 0 aromatic heterocycles. The molecule has 2 aromatic carbocycles. The molecule has 1 atom stereocenters. The Balaban J connectivity index is 1.48. The number of halogens is 1. The lowest BCUT2D eigenvalue weighted by molar-refractivity contribution is -0.134. The summed E-state index contributed by atoms with van der Waals surface area (Å²) in [6.45, 7) is 13.3. The van der Waals surface area contributed by atoms with Gasteiger partial charge in [0.2, 0.25) is 0 Å². The molecule has 216 valence electrons. The lowest BCUT2D eigenvalue weighted by atomic mass is 9.89. The first-order chi connectivity index (χ1) is 20.0. The van der Waals surface area contributed by atoms with E-state index in [1.54, 1.807) is 0 Å². The average molecular weight is 673 g/mol. The molecule has 5 heteroatoms. The van der Waals surface area contributed by atoms with Crippen LogP contribution in [0.3, 0.4) is 0 Å². The van der Waals surface area contributed by atoms with E-state index in [4.69, 9.17) is 9.47 Å². The quantitative estimate of drug-likeness (QED) is 0.109. The molecule has 2 aliphatic rings. The third-order valence-corrected chi connectivity index (χ3v) is 7.75.